The summed E-state index contributed by atoms with van der Waals surface area (Å²) in [4.78, 5) is 28.7. The fourth-order valence-electron chi connectivity index (χ4n) is 4.71. The number of carbonyl (C=O) groups is 2. The number of amides is 1. The van der Waals surface area contributed by atoms with Crippen molar-refractivity contribution in [2.75, 3.05) is 26.7 Å². The summed E-state index contributed by atoms with van der Waals surface area (Å²) in [6.45, 7) is 3.92. The highest BCUT2D eigenvalue weighted by Gasteiger charge is 2.45. The van der Waals surface area contributed by atoms with E-state index < -0.39 is 0 Å². The Hall–Kier alpha value is -1.88. The first-order valence-electron chi connectivity index (χ1n) is 9.78. The number of benzene rings is 1. The van der Waals surface area contributed by atoms with Crippen LogP contribution in [-0.4, -0.2) is 54.5 Å². The van der Waals surface area contributed by atoms with Crippen molar-refractivity contribution in [2.24, 2.45) is 5.41 Å². The molecule has 3 fully saturated rings. The van der Waals surface area contributed by atoms with E-state index in [0.29, 0.717) is 23.9 Å². The molecule has 2 heterocycles. The predicted octanol–water partition coefficient (Wildman–Crippen LogP) is 2.84. The third-order valence-corrected chi connectivity index (χ3v) is 6.18. The summed E-state index contributed by atoms with van der Waals surface area (Å²) in [5, 5.41) is 0. The van der Waals surface area contributed by atoms with E-state index >= 15 is 0 Å². The number of piperidine rings is 2. The summed E-state index contributed by atoms with van der Waals surface area (Å²) < 4.78 is 4.83. The first-order chi connectivity index (χ1) is 12.6. The van der Waals surface area contributed by atoms with Crippen LogP contribution in [0.25, 0.3) is 0 Å². The molecule has 1 aromatic rings. The van der Waals surface area contributed by atoms with Gasteiger partial charge in [0.2, 0.25) is 5.91 Å². The van der Waals surface area contributed by atoms with E-state index in [2.05, 4.69) is 15.9 Å². The van der Waals surface area contributed by atoms with Crippen LogP contribution in [0.4, 0.5) is 0 Å². The monoisotopic (exact) mass is 356 g/mol. The average Bonchev–Trinajstić information content (AvgIpc) is 3.49. The van der Waals surface area contributed by atoms with Crippen molar-refractivity contribution in [3.63, 3.8) is 0 Å². The number of likely N-dealkylation sites (tertiary alicyclic amines) is 2. The second kappa shape index (κ2) is 7.03. The second-order valence-electron chi connectivity index (χ2n) is 8.26. The SMILES string of the molecule is COC(=O)c1cccc(CN2CCC[C@@]3(CCC(=O)N(C4CC4)C3)C2)c1. The average molecular weight is 356 g/mol. The first-order valence-corrected chi connectivity index (χ1v) is 9.78. The minimum Gasteiger partial charge on any atom is -0.465 e. The fraction of sp³-hybridized carbons (Fsp3) is 0.619. The fourth-order valence-corrected chi connectivity index (χ4v) is 4.71. The highest BCUT2D eigenvalue weighted by Crippen LogP contribution is 2.42. The van der Waals surface area contributed by atoms with Gasteiger partial charge in [0.05, 0.1) is 12.7 Å². The summed E-state index contributed by atoms with van der Waals surface area (Å²) in [7, 11) is 1.42. The molecule has 26 heavy (non-hydrogen) atoms. The van der Waals surface area contributed by atoms with Gasteiger partial charge in [-0.3, -0.25) is 9.69 Å². The van der Waals surface area contributed by atoms with Crippen LogP contribution in [0.1, 0.15) is 54.4 Å². The smallest absolute Gasteiger partial charge is 0.337 e. The van der Waals surface area contributed by atoms with Gasteiger partial charge in [-0.05, 0) is 56.3 Å². The minimum absolute atomic E-state index is 0.259. The molecule has 5 heteroatoms. The highest BCUT2D eigenvalue weighted by atomic mass is 16.5. The van der Waals surface area contributed by atoms with Gasteiger partial charge in [-0.15, -0.1) is 0 Å². The van der Waals surface area contributed by atoms with E-state index in [0.717, 1.165) is 38.2 Å². The van der Waals surface area contributed by atoms with E-state index in [4.69, 9.17) is 4.74 Å². The van der Waals surface area contributed by atoms with Crippen LogP contribution in [0, 0.1) is 5.41 Å². The number of hydrogen-bond donors (Lipinski definition) is 0. The van der Waals surface area contributed by atoms with Gasteiger partial charge in [0.25, 0.3) is 0 Å². The van der Waals surface area contributed by atoms with Gasteiger partial charge in [0.15, 0.2) is 0 Å². The Morgan fingerprint density at radius 2 is 2.12 bits per heavy atom. The van der Waals surface area contributed by atoms with Gasteiger partial charge in [0, 0.05) is 37.5 Å². The topological polar surface area (TPSA) is 49.9 Å². The van der Waals surface area contributed by atoms with Crippen LogP contribution in [0.15, 0.2) is 24.3 Å². The number of nitrogens with zero attached hydrogens (tertiary/aromatic N) is 2. The van der Waals surface area contributed by atoms with Crippen LogP contribution >= 0.6 is 0 Å². The number of rotatable bonds is 4. The Kier molecular flexibility index (Phi) is 4.74. The molecular weight excluding hydrogens is 328 g/mol. The maximum atomic E-state index is 12.3. The molecule has 0 bridgehead atoms. The highest BCUT2D eigenvalue weighted by molar-refractivity contribution is 5.89. The number of hydrogen-bond acceptors (Lipinski definition) is 4. The summed E-state index contributed by atoms with van der Waals surface area (Å²) in [5.74, 6) is 0.0776. The van der Waals surface area contributed by atoms with Gasteiger partial charge in [-0.25, -0.2) is 4.79 Å². The lowest BCUT2D eigenvalue weighted by Crippen LogP contribution is -2.54. The minimum atomic E-state index is -0.284. The maximum Gasteiger partial charge on any atom is 0.337 e. The molecule has 2 saturated heterocycles. The summed E-state index contributed by atoms with van der Waals surface area (Å²) in [6.07, 6.45) is 6.51. The van der Waals surface area contributed by atoms with Crippen LogP contribution < -0.4 is 0 Å². The molecule has 0 unspecified atom stereocenters. The molecule has 1 amide bonds. The molecule has 1 aromatic carbocycles. The summed E-state index contributed by atoms with van der Waals surface area (Å²) in [6, 6.07) is 8.26. The molecule has 5 nitrogen and oxygen atoms in total. The number of esters is 1. The Bertz CT molecular complexity index is 700. The lowest BCUT2D eigenvalue weighted by atomic mass is 9.73. The largest absolute Gasteiger partial charge is 0.465 e. The van der Waals surface area contributed by atoms with E-state index in [9.17, 15) is 9.59 Å². The Labute approximate surface area is 155 Å². The lowest BCUT2D eigenvalue weighted by Gasteiger charge is -2.48. The van der Waals surface area contributed by atoms with Crippen LogP contribution in [0.2, 0.25) is 0 Å². The molecule has 2 aliphatic heterocycles. The van der Waals surface area contributed by atoms with Crippen molar-refractivity contribution in [3.8, 4) is 0 Å². The lowest BCUT2D eigenvalue weighted by molar-refractivity contribution is -0.140. The van der Waals surface area contributed by atoms with Crippen LogP contribution in [-0.2, 0) is 16.1 Å². The quantitative estimate of drug-likeness (QED) is 0.779. The zero-order valence-corrected chi connectivity index (χ0v) is 15.6. The van der Waals surface area contributed by atoms with E-state index in [-0.39, 0.29) is 11.4 Å². The van der Waals surface area contributed by atoms with Crippen molar-refractivity contribution in [3.05, 3.63) is 35.4 Å². The second-order valence-corrected chi connectivity index (χ2v) is 8.26. The van der Waals surface area contributed by atoms with Gasteiger partial charge >= 0.3 is 5.97 Å². The molecular formula is C21H28N2O3. The molecule has 1 aliphatic carbocycles. The zero-order chi connectivity index (χ0) is 18.1. The van der Waals surface area contributed by atoms with E-state index in [1.165, 1.54) is 32.8 Å². The van der Waals surface area contributed by atoms with Crippen molar-refractivity contribution in [2.45, 2.75) is 51.1 Å². The first kappa shape index (κ1) is 17.5. The Balaban J connectivity index is 1.44. The predicted molar refractivity (Wildman–Crippen MR) is 98.7 cm³/mol. The molecule has 0 N–H and O–H groups in total. The van der Waals surface area contributed by atoms with E-state index in [1.54, 1.807) is 6.07 Å². The van der Waals surface area contributed by atoms with Crippen molar-refractivity contribution >= 4 is 11.9 Å². The molecule has 4 rings (SSSR count). The summed E-state index contributed by atoms with van der Waals surface area (Å²) >= 11 is 0. The normalized spacial score (nSPS) is 27.0. The molecule has 1 spiro atoms. The molecule has 3 aliphatic rings. The molecule has 0 aromatic heterocycles. The third-order valence-electron chi connectivity index (χ3n) is 6.18. The number of ether oxygens (including phenoxy) is 1. The van der Waals surface area contributed by atoms with Gasteiger partial charge in [-0.1, -0.05) is 12.1 Å². The van der Waals surface area contributed by atoms with Crippen molar-refractivity contribution in [1.29, 1.82) is 0 Å². The van der Waals surface area contributed by atoms with Crippen molar-refractivity contribution < 1.29 is 14.3 Å². The number of methoxy groups -OCH3 is 1. The Morgan fingerprint density at radius 1 is 1.27 bits per heavy atom. The molecule has 140 valence electrons. The van der Waals surface area contributed by atoms with Crippen LogP contribution in [0.5, 0.6) is 0 Å². The molecule has 1 saturated carbocycles. The van der Waals surface area contributed by atoms with E-state index in [1.807, 2.05) is 12.1 Å². The van der Waals surface area contributed by atoms with Gasteiger partial charge in [-0.2, -0.15) is 0 Å². The maximum absolute atomic E-state index is 12.3. The van der Waals surface area contributed by atoms with Gasteiger partial charge < -0.3 is 9.64 Å². The van der Waals surface area contributed by atoms with Gasteiger partial charge in [0.1, 0.15) is 0 Å². The third kappa shape index (κ3) is 3.63. The summed E-state index contributed by atoms with van der Waals surface area (Å²) in [5.41, 5.74) is 2.02. The zero-order valence-electron chi connectivity index (χ0n) is 15.6. The van der Waals surface area contributed by atoms with Crippen molar-refractivity contribution in [1.82, 2.24) is 9.80 Å². The molecule has 0 radical (unpaired) electrons. The number of carbonyl (C=O) groups excluding carboxylic acids is 2. The van der Waals surface area contributed by atoms with Crippen LogP contribution in [0.3, 0.4) is 0 Å². The molecule has 1 atom stereocenters. The Morgan fingerprint density at radius 3 is 2.88 bits per heavy atom. The standard InChI is InChI=1S/C21H28N2O3/c1-26-20(25)17-5-2-4-16(12-17)13-22-11-3-9-21(14-22)10-8-19(24)23(15-21)18-6-7-18/h2,4-5,12,18H,3,6-11,13-15H2,1H3/t21-/m1/s1.